The molecule has 78 valence electrons. The minimum atomic E-state index is -4.23. The zero-order chi connectivity index (χ0) is 10.1. The minimum Gasteiger partial charge on any atom is -0.393 e. The normalized spacial score (nSPS) is 36.2. The Balaban J connectivity index is 2.54. The number of rotatable bonds is 1. The zero-order valence-corrected chi connectivity index (χ0v) is 7.40. The van der Waals surface area contributed by atoms with Gasteiger partial charge >= 0.3 is 6.18 Å². The number of aliphatic hydroxyl groups is 1. The van der Waals surface area contributed by atoms with Crippen molar-refractivity contribution in [3.63, 3.8) is 0 Å². The van der Waals surface area contributed by atoms with Crippen LogP contribution >= 0.6 is 0 Å². The number of aliphatic hydroxyl groups excluding tert-OH is 1. The predicted octanol–water partition coefficient (Wildman–Crippen LogP) is 1.87. The van der Waals surface area contributed by atoms with Gasteiger partial charge in [0.15, 0.2) is 0 Å². The predicted molar refractivity (Wildman–Crippen MR) is 40.3 cm³/mol. The summed E-state index contributed by atoms with van der Waals surface area (Å²) in [6.45, 7) is 1.59. The van der Waals surface area contributed by atoms with Crippen molar-refractivity contribution in [1.82, 2.24) is 0 Å². The molecule has 0 aromatic carbocycles. The van der Waals surface area contributed by atoms with Gasteiger partial charge in [-0.1, -0.05) is 0 Å². The van der Waals surface area contributed by atoms with Gasteiger partial charge in [0.05, 0.1) is 18.1 Å². The second-order valence-corrected chi connectivity index (χ2v) is 3.74. The van der Waals surface area contributed by atoms with Crippen LogP contribution in [0.4, 0.5) is 13.2 Å². The standard InChI is InChI=1S/C8H13F3O2/c1-7(5-8(9,10)11)4-6(12)2-3-13-7/h6,12H,2-5H2,1H3. The molecule has 0 saturated carbocycles. The average molecular weight is 198 g/mol. The lowest BCUT2D eigenvalue weighted by Gasteiger charge is -2.36. The topological polar surface area (TPSA) is 29.5 Å². The van der Waals surface area contributed by atoms with Gasteiger partial charge in [-0.2, -0.15) is 13.2 Å². The molecule has 0 amide bonds. The van der Waals surface area contributed by atoms with Gasteiger partial charge in [-0.15, -0.1) is 0 Å². The van der Waals surface area contributed by atoms with Crippen molar-refractivity contribution in [3.8, 4) is 0 Å². The Kier molecular flexibility index (Phi) is 2.87. The molecule has 0 aromatic rings. The lowest BCUT2D eigenvalue weighted by molar-refractivity contribution is -0.203. The van der Waals surface area contributed by atoms with Crippen molar-refractivity contribution in [2.24, 2.45) is 0 Å². The molecule has 5 heteroatoms. The molecule has 13 heavy (non-hydrogen) atoms. The van der Waals surface area contributed by atoms with E-state index in [0.29, 0.717) is 6.42 Å². The van der Waals surface area contributed by atoms with E-state index in [1.807, 2.05) is 0 Å². The Morgan fingerprint density at radius 2 is 2.15 bits per heavy atom. The first-order valence-electron chi connectivity index (χ1n) is 4.20. The summed E-state index contributed by atoms with van der Waals surface area (Å²) in [4.78, 5) is 0. The summed E-state index contributed by atoms with van der Waals surface area (Å²) >= 11 is 0. The maximum Gasteiger partial charge on any atom is 0.391 e. The lowest BCUT2D eigenvalue weighted by Crippen LogP contribution is -2.42. The van der Waals surface area contributed by atoms with E-state index >= 15 is 0 Å². The van der Waals surface area contributed by atoms with Crippen molar-refractivity contribution < 1.29 is 23.0 Å². The van der Waals surface area contributed by atoms with Gasteiger partial charge in [-0.05, 0) is 13.3 Å². The van der Waals surface area contributed by atoms with Crippen LogP contribution in [0.5, 0.6) is 0 Å². The molecule has 1 rings (SSSR count). The van der Waals surface area contributed by atoms with Crippen LogP contribution in [0.3, 0.4) is 0 Å². The van der Waals surface area contributed by atoms with Crippen molar-refractivity contribution in [1.29, 1.82) is 0 Å². The number of hydrogen-bond donors (Lipinski definition) is 1. The molecule has 0 spiro atoms. The van der Waals surface area contributed by atoms with Gasteiger partial charge in [0.2, 0.25) is 0 Å². The SMILES string of the molecule is CC1(CC(F)(F)F)CC(O)CCO1. The summed E-state index contributed by atoms with van der Waals surface area (Å²) < 4.78 is 41.2. The van der Waals surface area contributed by atoms with Crippen LogP contribution < -0.4 is 0 Å². The minimum absolute atomic E-state index is 0.0620. The second-order valence-electron chi connectivity index (χ2n) is 3.74. The highest BCUT2D eigenvalue weighted by Crippen LogP contribution is 2.35. The Labute approximate surface area is 74.7 Å². The van der Waals surface area contributed by atoms with Crippen LogP contribution in [0.25, 0.3) is 0 Å². The van der Waals surface area contributed by atoms with E-state index in [4.69, 9.17) is 4.74 Å². The third kappa shape index (κ3) is 3.52. The molecule has 1 heterocycles. The van der Waals surface area contributed by atoms with E-state index in [1.54, 1.807) is 0 Å². The number of alkyl halides is 3. The Hall–Kier alpha value is -0.290. The molecule has 2 unspecified atom stereocenters. The van der Waals surface area contributed by atoms with Gasteiger partial charge in [0, 0.05) is 13.0 Å². The largest absolute Gasteiger partial charge is 0.393 e. The molecule has 0 radical (unpaired) electrons. The van der Waals surface area contributed by atoms with Crippen LogP contribution in [-0.2, 0) is 4.74 Å². The molecule has 0 bridgehead atoms. The van der Waals surface area contributed by atoms with Crippen molar-refractivity contribution in [2.75, 3.05) is 6.61 Å². The molecular formula is C8H13F3O2. The Morgan fingerprint density at radius 3 is 2.62 bits per heavy atom. The fourth-order valence-electron chi connectivity index (χ4n) is 1.65. The molecule has 2 atom stereocenters. The van der Waals surface area contributed by atoms with E-state index < -0.39 is 24.3 Å². The maximum atomic E-state index is 12.1. The highest BCUT2D eigenvalue weighted by molar-refractivity contribution is 4.85. The first-order chi connectivity index (χ1) is 5.81. The molecule has 2 nitrogen and oxygen atoms in total. The van der Waals surface area contributed by atoms with Gasteiger partial charge in [-0.25, -0.2) is 0 Å². The first-order valence-corrected chi connectivity index (χ1v) is 4.20. The summed E-state index contributed by atoms with van der Waals surface area (Å²) in [5.74, 6) is 0. The van der Waals surface area contributed by atoms with Gasteiger partial charge in [-0.3, -0.25) is 0 Å². The average Bonchev–Trinajstić information content (AvgIpc) is 1.79. The summed E-state index contributed by atoms with van der Waals surface area (Å²) in [5, 5.41) is 9.19. The molecule has 1 N–H and O–H groups in total. The molecule has 1 aliphatic rings. The molecular weight excluding hydrogens is 185 g/mol. The third-order valence-electron chi connectivity index (χ3n) is 2.14. The van der Waals surface area contributed by atoms with Crippen molar-refractivity contribution in [2.45, 2.75) is 44.1 Å². The van der Waals surface area contributed by atoms with Crippen LogP contribution in [-0.4, -0.2) is 29.6 Å². The van der Waals surface area contributed by atoms with E-state index in [9.17, 15) is 18.3 Å². The van der Waals surface area contributed by atoms with Crippen molar-refractivity contribution >= 4 is 0 Å². The number of hydrogen-bond acceptors (Lipinski definition) is 2. The molecule has 1 aliphatic heterocycles. The summed E-state index contributed by atoms with van der Waals surface area (Å²) in [6.07, 6.45) is -5.40. The van der Waals surface area contributed by atoms with Gasteiger partial charge < -0.3 is 9.84 Å². The van der Waals surface area contributed by atoms with Crippen LogP contribution in [0.2, 0.25) is 0 Å². The lowest BCUT2D eigenvalue weighted by atomic mass is 9.90. The van der Waals surface area contributed by atoms with Crippen LogP contribution in [0.1, 0.15) is 26.2 Å². The smallest absolute Gasteiger partial charge is 0.391 e. The summed E-state index contributed by atoms with van der Waals surface area (Å²) in [5.41, 5.74) is -1.24. The second kappa shape index (κ2) is 3.46. The van der Waals surface area contributed by atoms with Crippen LogP contribution in [0.15, 0.2) is 0 Å². The fourth-order valence-corrected chi connectivity index (χ4v) is 1.65. The molecule has 1 saturated heterocycles. The van der Waals surface area contributed by atoms with Gasteiger partial charge in [0.1, 0.15) is 0 Å². The maximum absolute atomic E-state index is 12.1. The fraction of sp³-hybridized carbons (Fsp3) is 1.00. The highest BCUT2D eigenvalue weighted by Gasteiger charge is 2.42. The number of ether oxygens (including phenoxy) is 1. The zero-order valence-electron chi connectivity index (χ0n) is 7.40. The quantitative estimate of drug-likeness (QED) is 0.697. The summed E-state index contributed by atoms with van der Waals surface area (Å²) in [7, 11) is 0. The van der Waals surface area contributed by atoms with E-state index in [2.05, 4.69) is 0 Å². The van der Waals surface area contributed by atoms with Gasteiger partial charge in [0.25, 0.3) is 0 Å². The Bertz CT molecular complexity index is 181. The van der Waals surface area contributed by atoms with E-state index in [1.165, 1.54) is 6.92 Å². The van der Waals surface area contributed by atoms with Crippen molar-refractivity contribution in [3.05, 3.63) is 0 Å². The molecule has 0 aliphatic carbocycles. The summed E-state index contributed by atoms with van der Waals surface area (Å²) in [6, 6.07) is 0. The monoisotopic (exact) mass is 198 g/mol. The molecule has 0 aromatic heterocycles. The van der Waals surface area contributed by atoms with E-state index in [0.717, 1.165) is 0 Å². The molecule has 1 fully saturated rings. The first kappa shape index (κ1) is 10.8. The highest BCUT2D eigenvalue weighted by atomic mass is 19.4. The number of halogens is 3. The third-order valence-corrected chi connectivity index (χ3v) is 2.14. The Morgan fingerprint density at radius 1 is 1.54 bits per heavy atom. The van der Waals surface area contributed by atoms with Crippen LogP contribution in [0, 0.1) is 0 Å². The van der Waals surface area contributed by atoms with E-state index in [-0.39, 0.29) is 13.0 Å².